The molecule has 0 saturated carbocycles. The number of hydrogen-bond donors (Lipinski definition) is 0. The molecular weight excluding hydrogens is 332 g/mol. The van der Waals surface area contributed by atoms with Crippen molar-refractivity contribution in [1.29, 1.82) is 0 Å². The van der Waals surface area contributed by atoms with E-state index >= 15 is 0 Å². The van der Waals surface area contributed by atoms with E-state index in [1.54, 1.807) is 23.9 Å². The fourth-order valence-corrected chi connectivity index (χ4v) is 3.67. The van der Waals surface area contributed by atoms with Gasteiger partial charge in [0.2, 0.25) is 9.05 Å². The third-order valence-corrected chi connectivity index (χ3v) is 4.70. The van der Waals surface area contributed by atoms with E-state index in [9.17, 15) is 8.42 Å². The lowest BCUT2D eigenvalue weighted by molar-refractivity contribution is 0.609. The Labute approximate surface area is 113 Å². The molecule has 0 saturated heterocycles. The molecule has 0 heterocycles. The molecule has 0 aliphatic heterocycles. The van der Waals surface area contributed by atoms with Crippen molar-refractivity contribution in [1.82, 2.24) is 0 Å². The summed E-state index contributed by atoms with van der Waals surface area (Å²) < 4.78 is 22.7. The highest BCUT2D eigenvalue weighted by atomic mass is 79.9. The summed E-state index contributed by atoms with van der Waals surface area (Å²) in [6.07, 6.45) is 0. The summed E-state index contributed by atoms with van der Waals surface area (Å²) >= 11 is 5.15. The van der Waals surface area contributed by atoms with Crippen LogP contribution in [0.25, 0.3) is 0 Å². The average Bonchev–Trinajstić information content (AvgIpc) is 2.06. The van der Waals surface area contributed by atoms with Gasteiger partial charge < -0.3 is 0 Å². The Morgan fingerprint density at radius 2 is 2.06 bits per heavy atom. The lowest BCUT2D eigenvalue weighted by Gasteiger charge is -2.08. The third-order valence-electron chi connectivity index (χ3n) is 1.70. The van der Waals surface area contributed by atoms with Gasteiger partial charge in [0.05, 0.1) is 5.75 Å². The SMILES string of the molecule is CC(C)Sc1ccc(CS(=O)(=O)Cl)cc1Br. The second-order valence-electron chi connectivity index (χ2n) is 3.61. The van der Waals surface area contributed by atoms with E-state index in [-0.39, 0.29) is 5.75 Å². The Balaban J connectivity index is 2.91. The molecule has 6 heteroatoms. The van der Waals surface area contributed by atoms with Crippen LogP contribution in [-0.2, 0) is 14.8 Å². The van der Waals surface area contributed by atoms with Crippen molar-refractivity contribution in [2.75, 3.05) is 0 Å². The van der Waals surface area contributed by atoms with Crippen molar-refractivity contribution in [2.45, 2.75) is 29.7 Å². The smallest absolute Gasteiger partial charge is 0.212 e. The first kappa shape index (κ1) is 14.4. The van der Waals surface area contributed by atoms with E-state index in [1.807, 2.05) is 6.07 Å². The van der Waals surface area contributed by atoms with Crippen LogP contribution in [0, 0.1) is 0 Å². The van der Waals surface area contributed by atoms with E-state index in [0.29, 0.717) is 10.8 Å². The number of hydrogen-bond acceptors (Lipinski definition) is 3. The second kappa shape index (κ2) is 5.76. The molecule has 0 fully saturated rings. The number of rotatable bonds is 4. The Morgan fingerprint density at radius 1 is 1.44 bits per heavy atom. The van der Waals surface area contributed by atoms with Crippen LogP contribution in [-0.4, -0.2) is 13.7 Å². The fourth-order valence-electron chi connectivity index (χ4n) is 1.18. The Bertz CT molecular complexity index is 472. The summed E-state index contributed by atoms with van der Waals surface area (Å²) in [4.78, 5) is 1.10. The molecule has 0 bridgehead atoms. The van der Waals surface area contributed by atoms with Crippen molar-refractivity contribution in [3.63, 3.8) is 0 Å². The first-order valence-electron chi connectivity index (χ1n) is 4.65. The van der Waals surface area contributed by atoms with Crippen LogP contribution in [0.15, 0.2) is 27.6 Å². The molecule has 0 spiro atoms. The fraction of sp³-hybridized carbons (Fsp3) is 0.400. The second-order valence-corrected chi connectivity index (χ2v) is 8.86. The highest BCUT2D eigenvalue weighted by Crippen LogP contribution is 2.31. The van der Waals surface area contributed by atoms with Crippen molar-refractivity contribution in [2.24, 2.45) is 0 Å². The molecule has 0 amide bonds. The van der Waals surface area contributed by atoms with Crippen LogP contribution in [0.3, 0.4) is 0 Å². The molecule has 2 nitrogen and oxygen atoms in total. The standard InChI is InChI=1S/C10H12BrClO2S2/c1-7(2)15-10-4-3-8(5-9(10)11)6-16(12,13)14/h3-5,7H,6H2,1-2H3. The number of benzene rings is 1. The largest absolute Gasteiger partial charge is 0.236 e. The molecule has 0 aromatic heterocycles. The van der Waals surface area contributed by atoms with Gasteiger partial charge >= 0.3 is 0 Å². The quantitative estimate of drug-likeness (QED) is 0.611. The van der Waals surface area contributed by atoms with Crippen molar-refractivity contribution in [3.05, 3.63) is 28.2 Å². The highest BCUT2D eigenvalue weighted by Gasteiger charge is 2.10. The molecule has 0 unspecified atom stereocenters. The number of halogens is 2. The van der Waals surface area contributed by atoms with Gasteiger partial charge in [-0.2, -0.15) is 0 Å². The molecule has 1 aromatic rings. The van der Waals surface area contributed by atoms with Gasteiger partial charge in [-0.1, -0.05) is 19.9 Å². The molecule has 16 heavy (non-hydrogen) atoms. The summed E-state index contributed by atoms with van der Waals surface area (Å²) in [6.45, 7) is 4.21. The Morgan fingerprint density at radius 3 is 2.50 bits per heavy atom. The maximum Gasteiger partial charge on any atom is 0.236 e. The molecule has 0 N–H and O–H groups in total. The van der Waals surface area contributed by atoms with E-state index in [2.05, 4.69) is 29.8 Å². The molecule has 0 radical (unpaired) electrons. The third kappa shape index (κ3) is 5.08. The minimum atomic E-state index is -3.49. The minimum Gasteiger partial charge on any atom is -0.212 e. The molecule has 0 atom stereocenters. The zero-order chi connectivity index (χ0) is 12.3. The van der Waals surface area contributed by atoms with Crippen molar-refractivity contribution >= 4 is 47.4 Å². The predicted octanol–water partition coefficient (Wildman–Crippen LogP) is 4.02. The monoisotopic (exact) mass is 342 g/mol. The van der Waals surface area contributed by atoms with E-state index in [1.165, 1.54) is 0 Å². The van der Waals surface area contributed by atoms with E-state index in [0.717, 1.165) is 9.37 Å². The van der Waals surface area contributed by atoms with Crippen LogP contribution >= 0.6 is 38.4 Å². The molecule has 0 aliphatic carbocycles. The van der Waals surface area contributed by atoms with Gasteiger partial charge in [-0.25, -0.2) is 8.42 Å². The zero-order valence-corrected chi connectivity index (χ0v) is 12.9. The van der Waals surface area contributed by atoms with Crippen LogP contribution in [0.5, 0.6) is 0 Å². The molecule has 90 valence electrons. The van der Waals surface area contributed by atoms with E-state index < -0.39 is 9.05 Å². The minimum absolute atomic E-state index is 0.139. The van der Waals surface area contributed by atoms with Gasteiger partial charge in [0.15, 0.2) is 0 Å². The maximum absolute atomic E-state index is 10.9. The summed E-state index contributed by atoms with van der Waals surface area (Å²) in [5, 5.41) is 0.485. The molecule has 1 aromatic carbocycles. The van der Waals surface area contributed by atoms with Crippen LogP contribution in [0.4, 0.5) is 0 Å². The van der Waals surface area contributed by atoms with Crippen molar-refractivity contribution in [3.8, 4) is 0 Å². The summed E-state index contributed by atoms with van der Waals surface area (Å²) in [5.74, 6) is -0.139. The Hall–Kier alpha value is 0.290. The Kier molecular flexibility index (Phi) is 5.16. The summed E-state index contributed by atoms with van der Waals surface area (Å²) in [7, 11) is 1.71. The molecular formula is C10H12BrClO2S2. The van der Waals surface area contributed by atoms with Crippen LogP contribution in [0.2, 0.25) is 0 Å². The number of thioether (sulfide) groups is 1. The van der Waals surface area contributed by atoms with Gasteiger partial charge in [-0.3, -0.25) is 0 Å². The summed E-state index contributed by atoms with van der Waals surface area (Å²) in [6, 6.07) is 5.49. The topological polar surface area (TPSA) is 34.1 Å². The van der Waals surface area contributed by atoms with Gasteiger partial charge in [0, 0.05) is 25.3 Å². The van der Waals surface area contributed by atoms with Gasteiger partial charge in [0.25, 0.3) is 0 Å². The van der Waals surface area contributed by atoms with E-state index in [4.69, 9.17) is 10.7 Å². The van der Waals surface area contributed by atoms with Gasteiger partial charge in [0.1, 0.15) is 0 Å². The predicted molar refractivity (Wildman–Crippen MR) is 73.6 cm³/mol. The maximum atomic E-state index is 10.9. The zero-order valence-electron chi connectivity index (χ0n) is 8.91. The van der Waals surface area contributed by atoms with Gasteiger partial charge in [-0.15, -0.1) is 11.8 Å². The van der Waals surface area contributed by atoms with Crippen molar-refractivity contribution < 1.29 is 8.42 Å². The summed E-state index contributed by atoms with van der Waals surface area (Å²) in [5.41, 5.74) is 0.690. The highest BCUT2D eigenvalue weighted by molar-refractivity contribution is 9.10. The normalized spacial score (nSPS) is 12.1. The first-order valence-corrected chi connectivity index (χ1v) is 8.80. The van der Waals surface area contributed by atoms with Gasteiger partial charge in [-0.05, 0) is 33.6 Å². The average molecular weight is 344 g/mol. The van der Waals surface area contributed by atoms with Crippen LogP contribution < -0.4 is 0 Å². The molecule has 0 aliphatic rings. The molecule has 1 rings (SSSR count). The lowest BCUT2D eigenvalue weighted by atomic mass is 10.2. The van der Waals surface area contributed by atoms with Crippen LogP contribution in [0.1, 0.15) is 19.4 Å². The first-order chi connectivity index (χ1) is 7.28. The lowest BCUT2D eigenvalue weighted by Crippen LogP contribution is -1.95.